The maximum Gasteiger partial charge on any atom is 0.414 e. The summed E-state index contributed by atoms with van der Waals surface area (Å²) < 4.78 is 6.30. The number of carbonyl (C=O) groups excluding carboxylic acids is 2. The summed E-state index contributed by atoms with van der Waals surface area (Å²) in [5, 5.41) is 12.2. The van der Waals surface area contributed by atoms with Gasteiger partial charge < -0.3 is 10.1 Å². The van der Waals surface area contributed by atoms with Gasteiger partial charge in [0.15, 0.2) is 0 Å². The average Bonchev–Trinajstić information content (AvgIpc) is 3.00. The minimum atomic E-state index is -0.455. The third-order valence-electron chi connectivity index (χ3n) is 4.11. The second-order valence-electron chi connectivity index (χ2n) is 6.00. The number of benzene rings is 1. The van der Waals surface area contributed by atoms with Crippen LogP contribution in [0.4, 0.5) is 10.5 Å². The molecule has 1 aromatic carbocycles. The lowest BCUT2D eigenvalue weighted by Crippen LogP contribution is -2.33. The number of amides is 2. The summed E-state index contributed by atoms with van der Waals surface area (Å²) >= 11 is 0. The molecule has 1 fully saturated rings. The van der Waals surface area contributed by atoms with Crippen LogP contribution in [-0.4, -0.2) is 36.4 Å². The Labute approximate surface area is 151 Å². The Kier molecular flexibility index (Phi) is 4.88. The molecule has 0 spiro atoms. The lowest BCUT2D eigenvalue weighted by atomic mass is 10.0. The van der Waals surface area contributed by atoms with Gasteiger partial charge in [0.1, 0.15) is 6.10 Å². The molecule has 3 rings (SSSR count). The molecule has 2 amide bonds. The van der Waals surface area contributed by atoms with Gasteiger partial charge in [0.05, 0.1) is 24.3 Å². The summed E-state index contributed by atoms with van der Waals surface area (Å²) in [4.78, 5) is 24.8. The molecule has 7 heteroatoms. The van der Waals surface area contributed by atoms with Crippen molar-refractivity contribution in [2.24, 2.45) is 0 Å². The van der Waals surface area contributed by atoms with Gasteiger partial charge >= 0.3 is 6.09 Å². The number of carbonyl (C=O) groups is 2. The molecule has 0 aliphatic carbocycles. The molecule has 1 aliphatic heterocycles. The fourth-order valence-electron chi connectivity index (χ4n) is 2.86. The highest BCUT2D eigenvalue weighted by atomic mass is 16.6. The van der Waals surface area contributed by atoms with Crippen LogP contribution in [0.5, 0.6) is 0 Å². The molecule has 0 saturated carbocycles. The molecule has 1 aliphatic rings. The van der Waals surface area contributed by atoms with E-state index in [2.05, 4.69) is 11.9 Å². The van der Waals surface area contributed by atoms with Gasteiger partial charge in [-0.05, 0) is 29.3 Å². The van der Waals surface area contributed by atoms with Gasteiger partial charge in [0.2, 0.25) is 18.3 Å². The van der Waals surface area contributed by atoms with E-state index in [9.17, 15) is 14.8 Å². The van der Waals surface area contributed by atoms with Gasteiger partial charge in [-0.15, -0.1) is 0 Å². The number of cyclic esters (lactones) is 1. The number of hydrogen-bond acceptors (Lipinski definition) is 4. The largest absolute Gasteiger partial charge is 0.442 e. The van der Waals surface area contributed by atoms with Gasteiger partial charge in [0, 0.05) is 17.7 Å². The molecular formula is C19H20N3O4+. The Morgan fingerprint density at radius 2 is 2.27 bits per heavy atom. The average molecular weight is 354 g/mol. The highest BCUT2D eigenvalue weighted by molar-refractivity contribution is 5.93. The number of hydrogen-bond donors (Lipinski definition) is 2. The van der Waals surface area contributed by atoms with Crippen LogP contribution in [0.2, 0.25) is 0 Å². The Hall–Kier alpha value is -3.35. The van der Waals surface area contributed by atoms with Gasteiger partial charge in [0.25, 0.3) is 0 Å². The molecule has 2 heterocycles. The summed E-state index contributed by atoms with van der Waals surface area (Å²) in [6.07, 6.45) is 3.94. The molecular weight excluding hydrogens is 334 g/mol. The van der Waals surface area contributed by atoms with Crippen LogP contribution < -0.4 is 14.9 Å². The quantitative estimate of drug-likeness (QED) is 0.635. The number of anilines is 1. The van der Waals surface area contributed by atoms with Crippen LogP contribution in [0.25, 0.3) is 17.2 Å². The number of nitrogens with zero attached hydrogens (tertiary/aromatic N) is 2. The first-order chi connectivity index (χ1) is 12.5. The Balaban J connectivity index is 1.85. The summed E-state index contributed by atoms with van der Waals surface area (Å²) in [7, 11) is 0. The number of rotatable bonds is 5. The fraction of sp³-hybridized carbons (Fsp3) is 0.211. The lowest BCUT2D eigenvalue weighted by molar-refractivity contribution is -0.904. The highest BCUT2D eigenvalue weighted by Crippen LogP contribution is 2.30. The number of ether oxygens (including phenoxy) is 1. The van der Waals surface area contributed by atoms with Gasteiger partial charge in [-0.25, -0.2) is 4.79 Å². The summed E-state index contributed by atoms with van der Waals surface area (Å²) in [5.74, 6) is -0.167. The van der Waals surface area contributed by atoms with Crippen LogP contribution in [0.3, 0.4) is 0 Å². The predicted molar refractivity (Wildman–Crippen MR) is 95.6 cm³/mol. The first-order valence-corrected chi connectivity index (χ1v) is 8.18. The van der Waals surface area contributed by atoms with E-state index >= 15 is 0 Å². The van der Waals surface area contributed by atoms with Crippen molar-refractivity contribution in [3.05, 3.63) is 54.9 Å². The summed E-state index contributed by atoms with van der Waals surface area (Å²) in [6.45, 7) is 5.87. The molecule has 1 unspecified atom stereocenters. The zero-order valence-corrected chi connectivity index (χ0v) is 14.4. The van der Waals surface area contributed by atoms with Crippen molar-refractivity contribution in [3.8, 4) is 11.1 Å². The van der Waals surface area contributed by atoms with Crippen molar-refractivity contribution in [2.45, 2.75) is 13.0 Å². The van der Waals surface area contributed by atoms with E-state index < -0.39 is 12.2 Å². The van der Waals surface area contributed by atoms with Crippen molar-refractivity contribution < 1.29 is 24.3 Å². The standard InChI is InChI=1S/C19H19N3O4/c1-3-14-9-15(16-5-4-8-21(25)11-16)6-7-18(14)22-12-17(26-19(22)24)10-20-13(2)23/h3-9,11,17H,1,10,12H2,2H3,(H-,20,23,25)/p+1. The third-order valence-corrected chi connectivity index (χ3v) is 4.11. The Morgan fingerprint density at radius 1 is 1.46 bits per heavy atom. The molecule has 1 saturated heterocycles. The van der Waals surface area contributed by atoms with Crippen molar-refractivity contribution >= 4 is 23.8 Å². The highest BCUT2D eigenvalue weighted by Gasteiger charge is 2.33. The SMILES string of the molecule is C=Cc1cc(-c2ccc[n+](O)c2)ccc1N1CC(CNC(C)=O)OC1=O. The molecule has 1 atom stereocenters. The Bertz CT molecular complexity index is 866. The third kappa shape index (κ3) is 3.66. The smallest absolute Gasteiger partial charge is 0.414 e. The van der Waals surface area contributed by atoms with Crippen molar-refractivity contribution in [1.82, 2.24) is 5.32 Å². The van der Waals surface area contributed by atoms with E-state index in [1.54, 1.807) is 18.3 Å². The van der Waals surface area contributed by atoms with Gasteiger partial charge in [-0.3, -0.25) is 14.9 Å². The maximum absolute atomic E-state index is 12.2. The van der Waals surface area contributed by atoms with Crippen LogP contribution in [0, 0.1) is 0 Å². The van der Waals surface area contributed by atoms with Crippen LogP contribution in [0.15, 0.2) is 49.3 Å². The minimum Gasteiger partial charge on any atom is -0.442 e. The van der Waals surface area contributed by atoms with Crippen molar-refractivity contribution in [3.63, 3.8) is 0 Å². The monoisotopic (exact) mass is 354 g/mol. The molecule has 1 aromatic heterocycles. The van der Waals surface area contributed by atoms with E-state index in [1.807, 2.05) is 24.3 Å². The summed E-state index contributed by atoms with van der Waals surface area (Å²) in [5.41, 5.74) is 3.17. The van der Waals surface area contributed by atoms with Gasteiger partial charge in [-0.2, -0.15) is 0 Å². The molecule has 26 heavy (non-hydrogen) atoms. The zero-order valence-electron chi connectivity index (χ0n) is 14.4. The van der Waals surface area contributed by atoms with Crippen LogP contribution in [0.1, 0.15) is 12.5 Å². The molecule has 2 N–H and O–H groups in total. The Morgan fingerprint density at radius 3 is 2.96 bits per heavy atom. The molecule has 0 radical (unpaired) electrons. The fourth-order valence-corrected chi connectivity index (χ4v) is 2.86. The number of pyridine rings is 1. The van der Waals surface area contributed by atoms with Crippen molar-refractivity contribution in [1.29, 1.82) is 0 Å². The first-order valence-electron chi connectivity index (χ1n) is 8.18. The summed E-state index contributed by atoms with van der Waals surface area (Å²) in [6, 6.07) is 9.20. The normalized spacial score (nSPS) is 16.3. The van der Waals surface area contributed by atoms with Gasteiger partial charge in [-0.1, -0.05) is 18.7 Å². The van der Waals surface area contributed by atoms with E-state index in [4.69, 9.17) is 4.74 Å². The molecule has 0 bridgehead atoms. The minimum absolute atomic E-state index is 0.167. The van der Waals surface area contributed by atoms with E-state index in [1.165, 1.54) is 18.0 Å². The van der Waals surface area contributed by atoms with E-state index in [0.29, 0.717) is 12.2 Å². The maximum atomic E-state index is 12.2. The lowest BCUT2D eigenvalue weighted by Gasteiger charge is -2.17. The topological polar surface area (TPSA) is 82.8 Å². The van der Waals surface area contributed by atoms with E-state index in [-0.39, 0.29) is 12.5 Å². The first kappa shape index (κ1) is 17.5. The number of nitrogens with one attached hydrogen (secondary N) is 1. The second-order valence-corrected chi connectivity index (χ2v) is 6.00. The van der Waals surface area contributed by atoms with Crippen molar-refractivity contribution in [2.75, 3.05) is 18.0 Å². The predicted octanol–water partition coefficient (Wildman–Crippen LogP) is 1.98. The molecule has 2 aromatic rings. The zero-order chi connectivity index (χ0) is 18.7. The number of aromatic nitrogens is 1. The van der Waals surface area contributed by atoms with Crippen LogP contribution in [-0.2, 0) is 9.53 Å². The molecule has 134 valence electrons. The molecule has 7 nitrogen and oxygen atoms in total. The van der Waals surface area contributed by atoms with E-state index in [0.717, 1.165) is 21.4 Å². The second kappa shape index (κ2) is 7.26. The van der Waals surface area contributed by atoms with Crippen LogP contribution >= 0.6 is 0 Å².